The normalized spacial score (nSPS) is 11.7. The molecule has 0 aliphatic heterocycles. The average Bonchev–Trinajstić information content (AvgIpc) is 2.49. The van der Waals surface area contributed by atoms with Crippen molar-refractivity contribution in [3.63, 3.8) is 0 Å². The molecule has 2 nitrogen and oxygen atoms in total. The summed E-state index contributed by atoms with van der Waals surface area (Å²) >= 11 is 0. The maximum absolute atomic E-state index is 4.41. The lowest BCUT2D eigenvalue weighted by Crippen LogP contribution is -1.97. The number of allylic oxidation sites excluding steroid dienone is 1. The summed E-state index contributed by atoms with van der Waals surface area (Å²) in [6.45, 7) is 2.10. The van der Waals surface area contributed by atoms with E-state index in [4.69, 9.17) is 0 Å². The van der Waals surface area contributed by atoms with Crippen LogP contribution in [0.4, 0.5) is 5.69 Å². The molecule has 0 aliphatic rings. The fourth-order valence-electron chi connectivity index (χ4n) is 1.64. The molecule has 0 aromatic heterocycles. The lowest BCUT2D eigenvalue weighted by molar-refractivity contribution is 1.23. The van der Waals surface area contributed by atoms with Gasteiger partial charge in [-0.3, -0.25) is 5.43 Å². The minimum atomic E-state index is 0.892. The zero-order valence-corrected chi connectivity index (χ0v) is 11.1. The maximum Gasteiger partial charge on any atom is 0.0604 e. The van der Waals surface area contributed by atoms with Crippen molar-refractivity contribution < 1.29 is 0 Å². The Morgan fingerprint density at radius 3 is 2.26 bits per heavy atom. The van der Waals surface area contributed by atoms with Crippen LogP contribution in [0.5, 0.6) is 0 Å². The van der Waals surface area contributed by atoms with E-state index < -0.39 is 0 Å². The Hall–Kier alpha value is -2.35. The number of para-hydroxylation sites is 1. The highest BCUT2D eigenvalue weighted by Gasteiger charge is 1.92. The number of nitrogens with zero attached hydrogens (tertiary/aromatic N) is 1. The van der Waals surface area contributed by atoms with Crippen LogP contribution in [0.25, 0.3) is 6.08 Å². The van der Waals surface area contributed by atoms with Crippen molar-refractivity contribution in [3.8, 4) is 0 Å². The largest absolute Gasteiger partial charge is 0.278 e. The van der Waals surface area contributed by atoms with E-state index in [2.05, 4.69) is 35.7 Å². The molecule has 0 saturated heterocycles. The SMILES string of the molecule is CCC(/C=C/c1ccccc1)=N\Nc1ccccc1. The Morgan fingerprint density at radius 2 is 1.63 bits per heavy atom. The van der Waals surface area contributed by atoms with Gasteiger partial charge in [0.2, 0.25) is 0 Å². The van der Waals surface area contributed by atoms with E-state index in [1.54, 1.807) is 0 Å². The van der Waals surface area contributed by atoms with Gasteiger partial charge in [-0.25, -0.2) is 0 Å². The third-order valence-electron chi connectivity index (χ3n) is 2.73. The van der Waals surface area contributed by atoms with Crippen LogP contribution in [0, 0.1) is 0 Å². The smallest absolute Gasteiger partial charge is 0.0604 e. The predicted molar refractivity (Wildman–Crippen MR) is 83.3 cm³/mol. The molecule has 2 aromatic rings. The summed E-state index contributed by atoms with van der Waals surface area (Å²) < 4.78 is 0. The number of rotatable bonds is 5. The highest BCUT2D eigenvalue weighted by Crippen LogP contribution is 2.06. The van der Waals surface area contributed by atoms with Crippen molar-refractivity contribution >= 4 is 17.5 Å². The number of anilines is 1. The van der Waals surface area contributed by atoms with Gasteiger partial charge in [0.05, 0.1) is 11.4 Å². The first kappa shape index (κ1) is 13.1. The first-order chi connectivity index (χ1) is 9.38. The minimum Gasteiger partial charge on any atom is -0.278 e. The van der Waals surface area contributed by atoms with Crippen LogP contribution < -0.4 is 5.43 Å². The first-order valence-corrected chi connectivity index (χ1v) is 6.49. The standard InChI is InChI=1S/C17H18N2/c1-2-16(14-13-15-9-5-3-6-10-15)18-19-17-11-7-4-8-12-17/h3-14,19H,2H2,1H3/b14-13+,18-16+. The van der Waals surface area contributed by atoms with Gasteiger partial charge in [-0.05, 0) is 30.2 Å². The van der Waals surface area contributed by atoms with Crippen molar-refractivity contribution in [2.75, 3.05) is 5.43 Å². The fourth-order valence-corrected chi connectivity index (χ4v) is 1.64. The minimum absolute atomic E-state index is 0.892. The Morgan fingerprint density at radius 1 is 1.00 bits per heavy atom. The summed E-state index contributed by atoms with van der Waals surface area (Å²) in [7, 11) is 0. The molecule has 0 spiro atoms. The zero-order chi connectivity index (χ0) is 13.3. The van der Waals surface area contributed by atoms with E-state index in [0.717, 1.165) is 17.8 Å². The topological polar surface area (TPSA) is 24.4 Å². The summed E-state index contributed by atoms with van der Waals surface area (Å²) in [5.74, 6) is 0. The van der Waals surface area contributed by atoms with Crippen LogP contribution in [0.15, 0.2) is 71.8 Å². The average molecular weight is 250 g/mol. The second kappa shape index (κ2) is 7.17. The Kier molecular flexibility index (Phi) is 4.94. The van der Waals surface area contributed by atoms with Crippen molar-refractivity contribution in [2.45, 2.75) is 13.3 Å². The summed E-state index contributed by atoms with van der Waals surface area (Å²) in [4.78, 5) is 0. The van der Waals surface area contributed by atoms with Gasteiger partial charge in [0.15, 0.2) is 0 Å². The van der Waals surface area contributed by atoms with Crippen molar-refractivity contribution in [1.82, 2.24) is 0 Å². The molecule has 0 fully saturated rings. The Labute approximate surface area is 114 Å². The van der Waals surface area contributed by atoms with E-state index in [-0.39, 0.29) is 0 Å². The van der Waals surface area contributed by atoms with Crippen molar-refractivity contribution in [1.29, 1.82) is 0 Å². The number of hydrogen-bond acceptors (Lipinski definition) is 2. The van der Waals surface area contributed by atoms with Crippen LogP contribution in [0.2, 0.25) is 0 Å². The summed E-state index contributed by atoms with van der Waals surface area (Å²) in [6.07, 6.45) is 5.02. The van der Waals surface area contributed by atoms with E-state index in [9.17, 15) is 0 Å². The van der Waals surface area contributed by atoms with Crippen LogP contribution in [0.3, 0.4) is 0 Å². The molecule has 0 unspecified atom stereocenters. The molecule has 0 heterocycles. The fraction of sp³-hybridized carbons (Fsp3) is 0.118. The summed E-state index contributed by atoms with van der Waals surface area (Å²) in [5, 5.41) is 4.41. The molecule has 96 valence electrons. The maximum atomic E-state index is 4.41. The molecule has 0 amide bonds. The molecular formula is C17H18N2. The van der Waals surface area contributed by atoms with Crippen molar-refractivity contribution in [2.24, 2.45) is 5.10 Å². The van der Waals surface area contributed by atoms with Crippen molar-refractivity contribution in [3.05, 3.63) is 72.3 Å². The lowest BCUT2D eigenvalue weighted by atomic mass is 10.2. The number of hydrogen-bond donors (Lipinski definition) is 1. The van der Waals surface area contributed by atoms with E-state index in [1.807, 2.05) is 54.6 Å². The van der Waals surface area contributed by atoms with E-state index in [0.29, 0.717) is 0 Å². The van der Waals surface area contributed by atoms with Gasteiger partial charge in [-0.1, -0.05) is 61.5 Å². The van der Waals surface area contributed by atoms with Gasteiger partial charge in [-0.2, -0.15) is 5.10 Å². The second-order valence-corrected chi connectivity index (χ2v) is 4.18. The van der Waals surface area contributed by atoms with Crippen LogP contribution in [-0.4, -0.2) is 5.71 Å². The Balaban J connectivity index is 2.02. The van der Waals surface area contributed by atoms with Crippen LogP contribution in [0.1, 0.15) is 18.9 Å². The summed E-state index contributed by atoms with van der Waals surface area (Å²) in [6, 6.07) is 20.2. The molecule has 2 heteroatoms. The molecule has 2 aromatic carbocycles. The van der Waals surface area contributed by atoms with Gasteiger partial charge in [0.1, 0.15) is 0 Å². The molecule has 1 N–H and O–H groups in total. The lowest BCUT2D eigenvalue weighted by Gasteiger charge is -2.01. The quantitative estimate of drug-likeness (QED) is 0.609. The molecular weight excluding hydrogens is 232 g/mol. The van der Waals surface area contributed by atoms with Gasteiger partial charge in [-0.15, -0.1) is 0 Å². The number of nitrogens with one attached hydrogen (secondary N) is 1. The molecule has 19 heavy (non-hydrogen) atoms. The number of hydrazone groups is 1. The molecule has 0 radical (unpaired) electrons. The van der Waals surface area contributed by atoms with E-state index in [1.165, 1.54) is 5.56 Å². The van der Waals surface area contributed by atoms with Gasteiger partial charge in [0, 0.05) is 0 Å². The molecule has 0 aliphatic carbocycles. The molecule has 0 bridgehead atoms. The Bertz CT molecular complexity index is 542. The van der Waals surface area contributed by atoms with E-state index >= 15 is 0 Å². The first-order valence-electron chi connectivity index (χ1n) is 6.49. The second-order valence-electron chi connectivity index (χ2n) is 4.18. The zero-order valence-electron chi connectivity index (χ0n) is 11.1. The third kappa shape index (κ3) is 4.43. The van der Waals surface area contributed by atoms with Crippen LogP contribution >= 0.6 is 0 Å². The van der Waals surface area contributed by atoms with Crippen LogP contribution in [-0.2, 0) is 0 Å². The number of benzene rings is 2. The molecule has 2 rings (SSSR count). The van der Waals surface area contributed by atoms with Gasteiger partial charge < -0.3 is 0 Å². The van der Waals surface area contributed by atoms with Gasteiger partial charge in [0.25, 0.3) is 0 Å². The highest BCUT2D eigenvalue weighted by atomic mass is 15.3. The predicted octanol–water partition coefficient (Wildman–Crippen LogP) is 4.58. The molecule has 0 atom stereocenters. The van der Waals surface area contributed by atoms with Gasteiger partial charge >= 0.3 is 0 Å². The molecule has 0 saturated carbocycles. The third-order valence-corrected chi connectivity index (χ3v) is 2.73. The highest BCUT2D eigenvalue weighted by molar-refractivity contribution is 5.98. The summed E-state index contributed by atoms with van der Waals surface area (Å²) in [5.41, 5.74) is 6.27. The monoisotopic (exact) mass is 250 g/mol.